The molecule has 7 nitrogen and oxygen atoms in total. The van der Waals surface area contributed by atoms with Crippen LogP contribution in [-0.2, 0) is 29.3 Å². The molecule has 0 bridgehead atoms. The zero-order valence-electron chi connectivity index (χ0n) is 18.8. The fourth-order valence-corrected chi connectivity index (χ4v) is 4.17. The van der Waals surface area contributed by atoms with Gasteiger partial charge in [0.1, 0.15) is 0 Å². The first-order chi connectivity index (χ1) is 14.3. The summed E-state index contributed by atoms with van der Waals surface area (Å²) >= 11 is 0. The Morgan fingerprint density at radius 3 is 2.43 bits per heavy atom. The molecule has 166 valence electrons. The average Bonchev–Trinajstić information content (AvgIpc) is 2.93. The van der Waals surface area contributed by atoms with Crippen molar-refractivity contribution in [1.82, 2.24) is 9.80 Å². The van der Waals surface area contributed by atoms with Gasteiger partial charge in [0.05, 0.1) is 12.0 Å². The summed E-state index contributed by atoms with van der Waals surface area (Å²) in [6.45, 7) is 7.40. The maximum atomic E-state index is 13.6. The summed E-state index contributed by atoms with van der Waals surface area (Å²) in [5.74, 6) is -0.674. The molecule has 0 radical (unpaired) electrons. The Kier molecular flexibility index (Phi) is 8.55. The quantitative estimate of drug-likeness (QED) is 0.407. The summed E-state index contributed by atoms with van der Waals surface area (Å²) in [7, 11) is 3.18. The molecule has 1 aliphatic rings. The number of rotatable bonds is 11. The molecular weight excluding hydrogens is 384 g/mol. The van der Waals surface area contributed by atoms with Crippen molar-refractivity contribution < 1.29 is 23.9 Å². The highest BCUT2D eigenvalue weighted by molar-refractivity contribution is 6.11. The maximum absolute atomic E-state index is 13.6. The molecule has 1 atom stereocenters. The second kappa shape index (κ2) is 10.7. The standard InChI is InChI=1S/C23H34N2O5/c1-17(2)24(12-14-30-5)20(26)15-23(19-10-7-6-9-18(19)3)16-21(27)25(22(23)28)11-8-13-29-4/h6-7,9-10,17H,8,11-16H2,1-5H3. The van der Waals surface area contributed by atoms with Gasteiger partial charge in [-0.15, -0.1) is 0 Å². The van der Waals surface area contributed by atoms with Crippen LogP contribution in [0.5, 0.6) is 0 Å². The lowest BCUT2D eigenvalue weighted by Gasteiger charge is -2.33. The van der Waals surface area contributed by atoms with Crippen LogP contribution in [0.1, 0.15) is 44.2 Å². The topological polar surface area (TPSA) is 76.2 Å². The summed E-state index contributed by atoms with van der Waals surface area (Å²) < 4.78 is 10.2. The number of nitrogens with zero attached hydrogens (tertiary/aromatic N) is 2. The van der Waals surface area contributed by atoms with E-state index in [-0.39, 0.29) is 36.6 Å². The van der Waals surface area contributed by atoms with E-state index in [1.165, 1.54) is 4.90 Å². The molecular formula is C23H34N2O5. The summed E-state index contributed by atoms with van der Waals surface area (Å²) in [6.07, 6.45) is 0.536. The molecule has 1 aromatic rings. The number of hydrogen-bond donors (Lipinski definition) is 0. The molecule has 1 unspecified atom stereocenters. The van der Waals surface area contributed by atoms with Crippen molar-refractivity contribution in [1.29, 1.82) is 0 Å². The highest BCUT2D eigenvalue weighted by atomic mass is 16.5. The largest absolute Gasteiger partial charge is 0.385 e. The van der Waals surface area contributed by atoms with Gasteiger partial charge in [0.25, 0.3) is 0 Å². The smallest absolute Gasteiger partial charge is 0.240 e. The van der Waals surface area contributed by atoms with Crippen molar-refractivity contribution in [3.63, 3.8) is 0 Å². The van der Waals surface area contributed by atoms with Gasteiger partial charge < -0.3 is 14.4 Å². The third-order valence-corrected chi connectivity index (χ3v) is 5.73. The van der Waals surface area contributed by atoms with Crippen molar-refractivity contribution in [3.05, 3.63) is 35.4 Å². The first-order valence-corrected chi connectivity index (χ1v) is 10.5. The molecule has 2 rings (SSSR count). The predicted octanol–water partition coefficient (Wildman–Crippen LogP) is 2.30. The van der Waals surface area contributed by atoms with Gasteiger partial charge in [-0.2, -0.15) is 0 Å². The zero-order chi connectivity index (χ0) is 22.3. The number of ether oxygens (including phenoxy) is 2. The van der Waals surface area contributed by atoms with Gasteiger partial charge in [-0.05, 0) is 38.3 Å². The van der Waals surface area contributed by atoms with Crippen LogP contribution in [0, 0.1) is 6.92 Å². The van der Waals surface area contributed by atoms with E-state index in [4.69, 9.17) is 9.47 Å². The monoisotopic (exact) mass is 418 g/mol. The molecule has 3 amide bonds. The summed E-state index contributed by atoms with van der Waals surface area (Å²) in [5, 5.41) is 0. The minimum atomic E-state index is -1.17. The predicted molar refractivity (Wildman–Crippen MR) is 114 cm³/mol. The molecule has 30 heavy (non-hydrogen) atoms. The Hall–Kier alpha value is -2.25. The van der Waals surface area contributed by atoms with Crippen molar-refractivity contribution >= 4 is 17.7 Å². The molecule has 0 aromatic heterocycles. The Balaban J connectivity index is 2.41. The van der Waals surface area contributed by atoms with Gasteiger partial charge in [0.15, 0.2) is 0 Å². The second-order valence-corrected chi connectivity index (χ2v) is 8.12. The Bertz CT molecular complexity index is 764. The molecule has 7 heteroatoms. The third-order valence-electron chi connectivity index (χ3n) is 5.73. The minimum absolute atomic E-state index is 0.00558. The molecule has 1 heterocycles. The van der Waals surface area contributed by atoms with E-state index < -0.39 is 5.41 Å². The number of methoxy groups -OCH3 is 2. The molecule has 1 saturated heterocycles. The van der Waals surface area contributed by atoms with Crippen LogP contribution in [0.4, 0.5) is 0 Å². The number of hydrogen-bond acceptors (Lipinski definition) is 5. The summed E-state index contributed by atoms with van der Waals surface area (Å²) in [5.41, 5.74) is 0.479. The molecule has 0 saturated carbocycles. The van der Waals surface area contributed by atoms with Crippen molar-refractivity contribution in [3.8, 4) is 0 Å². The number of carbonyl (C=O) groups excluding carboxylic acids is 3. The van der Waals surface area contributed by atoms with Crippen LogP contribution in [0.2, 0.25) is 0 Å². The number of benzene rings is 1. The molecule has 1 aromatic carbocycles. The van der Waals surface area contributed by atoms with E-state index in [1.54, 1.807) is 19.1 Å². The molecule has 0 aliphatic carbocycles. The highest BCUT2D eigenvalue weighted by Gasteiger charge is 2.54. The van der Waals surface area contributed by atoms with Crippen LogP contribution < -0.4 is 0 Å². The van der Waals surface area contributed by atoms with Gasteiger partial charge in [0.2, 0.25) is 17.7 Å². The number of likely N-dealkylation sites (tertiary alicyclic amines) is 1. The van der Waals surface area contributed by atoms with Crippen LogP contribution in [0.25, 0.3) is 0 Å². The van der Waals surface area contributed by atoms with E-state index in [0.29, 0.717) is 32.7 Å². The van der Waals surface area contributed by atoms with Crippen molar-refractivity contribution in [2.75, 3.05) is 40.5 Å². The lowest BCUT2D eigenvalue weighted by molar-refractivity contribution is -0.143. The van der Waals surface area contributed by atoms with Crippen molar-refractivity contribution in [2.24, 2.45) is 0 Å². The molecule has 0 N–H and O–H groups in total. The first kappa shape index (κ1) is 24.0. The zero-order valence-corrected chi connectivity index (χ0v) is 18.8. The summed E-state index contributed by atoms with van der Waals surface area (Å²) in [4.78, 5) is 42.8. The number of amides is 3. The van der Waals surface area contributed by atoms with Gasteiger partial charge in [-0.1, -0.05) is 24.3 Å². The Morgan fingerprint density at radius 2 is 1.83 bits per heavy atom. The number of aryl methyl sites for hydroxylation is 1. The SMILES string of the molecule is COCCCN1C(=O)CC(CC(=O)N(CCOC)C(C)C)(c2ccccc2C)C1=O. The van der Waals surface area contributed by atoms with Crippen LogP contribution in [0.3, 0.4) is 0 Å². The first-order valence-electron chi connectivity index (χ1n) is 10.5. The van der Waals surface area contributed by atoms with Crippen molar-refractivity contribution in [2.45, 2.75) is 51.5 Å². The fraction of sp³-hybridized carbons (Fsp3) is 0.609. The van der Waals surface area contributed by atoms with E-state index in [1.807, 2.05) is 45.0 Å². The normalized spacial score (nSPS) is 19.1. The lowest BCUT2D eigenvalue weighted by Crippen LogP contribution is -2.46. The van der Waals surface area contributed by atoms with E-state index in [0.717, 1.165) is 11.1 Å². The molecule has 1 fully saturated rings. The third kappa shape index (κ3) is 5.08. The minimum Gasteiger partial charge on any atom is -0.385 e. The molecule has 1 aliphatic heterocycles. The average molecular weight is 419 g/mol. The number of imide groups is 1. The Morgan fingerprint density at radius 1 is 1.17 bits per heavy atom. The maximum Gasteiger partial charge on any atom is 0.240 e. The van der Waals surface area contributed by atoms with E-state index in [2.05, 4.69) is 0 Å². The number of carbonyl (C=O) groups is 3. The summed E-state index contributed by atoms with van der Waals surface area (Å²) in [6, 6.07) is 7.49. The Labute approximate surface area is 179 Å². The van der Waals surface area contributed by atoms with Gasteiger partial charge in [-0.3, -0.25) is 19.3 Å². The van der Waals surface area contributed by atoms with E-state index in [9.17, 15) is 14.4 Å². The van der Waals surface area contributed by atoms with Crippen LogP contribution in [-0.4, -0.2) is 74.1 Å². The van der Waals surface area contributed by atoms with E-state index >= 15 is 0 Å². The van der Waals surface area contributed by atoms with Gasteiger partial charge in [-0.25, -0.2) is 0 Å². The second-order valence-electron chi connectivity index (χ2n) is 8.12. The lowest BCUT2D eigenvalue weighted by atomic mass is 9.73. The van der Waals surface area contributed by atoms with Crippen LogP contribution >= 0.6 is 0 Å². The van der Waals surface area contributed by atoms with Gasteiger partial charge in [0, 0.05) is 52.8 Å². The van der Waals surface area contributed by atoms with Crippen LogP contribution in [0.15, 0.2) is 24.3 Å². The highest BCUT2D eigenvalue weighted by Crippen LogP contribution is 2.41. The fourth-order valence-electron chi connectivity index (χ4n) is 4.17. The molecule has 0 spiro atoms. The van der Waals surface area contributed by atoms with Gasteiger partial charge >= 0.3 is 0 Å².